The van der Waals surface area contributed by atoms with Gasteiger partial charge < -0.3 is 5.32 Å². The Kier molecular flexibility index (Phi) is 4.04. The highest BCUT2D eigenvalue weighted by molar-refractivity contribution is 5.65. The molecule has 1 rings (SSSR count). The molecule has 0 unspecified atom stereocenters. The number of hydrogen-bond donors (Lipinski definition) is 1. The molecule has 0 aliphatic rings. The van der Waals surface area contributed by atoms with E-state index < -0.39 is 0 Å². The van der Waals surface area contributed by atoms with Crippen LogP contribution in [0, 0.1) is 0 Å². The van der Waals surface area contributed by atoms with Gasteiger partial charge in [0.15, 0.2) is 0 Å². The van der Waals surface area contributed by atoms with Crippen molar-refractivity contribution in [2.75, 3.05) is 5.32 Å². The van der Waals surface area contributed by atoms with Crippen molar-refractivity contribution >= 4 is 12.0 Å². The van der Waals surface area contributed by atoms with E-state index in [1.807, 2.05) is 12.1 Å². The average molecular weight is 174 g/mol. The lowest BCUT2D eigenvalue weighted by molar-refractivity contribution is -0.104. The molecule has 1 heterocycles. The van der Waals surface area contributed by atoms with Crippen molar-refractivity contribution in [2.45, 2.75) is 0 Å². The van der Waals surface area contributed by atoms with Crippen LogP contribution in [0.25, 0.3) is 0 Å². The Labute approximate surface area is 76.8 Å². The maximum atomic E-state index is 9.89. The monoisotopic (exact) mass is 174 g/mol. The van der Waals surface area contributed by atoms with Crippen LogP contribution in [0.3, 0.4) is 0 Å². The minimum Gasteiger partial charge on any atom is -0.362 e. The SMILES string of the molecule is O=C/C=C/C=C/Nc1ccncc1. The molecular formula is C10H10N2O. The molecule has 0 fully saturated rings. The molecule has 0 aliphatic carbocycles. The van der Waals surface area contributed by atoms with E-state index in [1.165, 1.54) is 6.08 Å². The molecule has 0 saturated carbocycles. The molecule has 1 aromatic rings. The Morgan fingerprint density at radius 1 is 1.15 bits per heavy atom. The maximum Gasteiger partial charge on any atom is 0.142 e. The highest BCUT2D eigenvalue weighted by Crippen LogP contribution is 2.02. The van der Waals surface area contributed by atoms with Gasteiger partial charge in [-0.3, -0.25) is 9.78 Å². The van der Waals surface area contributed by atoms with Gasteiger partial charge in [-0.2, -0.15) is 0 Å². The number of aldehydes is 1. The smallest absolute Gasteiger partial charge is 0.142 e. The molecule has 0 saturated heterocycles. The van der Waals surface area contributed by atoms with Crippen molar-refractivity contribution < 1.29 is 4.79 Å². The first-order valence-electron chi connectivity index (χ1n) is 3.87. The quantitative estimate of drug-likeness (QED) is 0.429. The highest BCUT2D eigenvalue weighted by Gasteiger charge is 1.81. The fourth-order valence-corrected chi connectivity index (χ4v) is 0.758. The van der Waals surface area contributed by atoms with Gasteiger partial charge in [-0.15, -0.1) is 0 Å². The summed E-state index contributed by atoms with van der Waals surface area (Å²) in [5, 5.41) is 3.02. The first kappa shape index (κ1) is 9.19. The predicted molar refractivity (Wildman–Crippen MR) is 52.2 cm³/mol. The maximum absolute atomic E-state index is 9.89. The normalized spacial score (nSPS) is 10.8. The topological polar surface area (TPSA) is 42.0 Å². The first-order chi connectivity index (χ1) is 6.43. The third-order valence-electron chi connectivity index (χ3n) is 1.33. The minimum absolute atomic E-state index is 0.733. The molecule has 0 spiro atoms. The molecule has 0 aromatic carbocycles. The van der Waals surface area contributed by atoms with Crippen LogP contribution in [0.2, 0.25) is 0 Å². The number of pyridine rings is 1. The Hall–Kier alpha value is -1.90. The van der Waals surface area contributed by atoms with Crippen LogP contribution >= 0.6 is 0 Å². The Balaban J connectivity index is 2.39. The zero-order valence-electron chi connectivity index (χ0n) is 7.05. The first-order valence-corrected chi connectivity index (χ1v) is 3.87. The van der Waals surface area contributed by atoms with Crippen molar-refractivity contribution in [2.24, 2.45) is 0 Å². The van der Waals surface area contributed by atoms with E-state index in [4.69, 9.17) is 0 Å². The summed E-state index contributed by atoms with van der Waals surface area (Å²) in [6.45, 7) is 0. The fraction of sp³-hybridized carbons (Fsp3) is 0. The lowest BCUT2D eigenvalue weighted by atomic mass is 10.4. The van der Waals surface area contributed by atoms with Gasteiger partial charge in [-0.05, 0) is 24.3 Å². The lowest BCUT2D eigenvalue weighted by Gasteiger charge is -1.96. The number of hydrogen-bond acceptors (Lipinski definition) is 3. The summed E-state index contributed by atoms with van der Waals surface area (Å²) in [7, 11) is 0. The second kappa shape index (κ2) is 5.71. The van der Waals surface area contributed by atoms with Crippen molar-refractivity contribution in [3.63, 3.8) is 0 Å². The van der Waals surface area contributed by atoms with Gasteiger partial charge in [0.2, 0.25) is 0 Å². The molecule has 1 aromatic heterocycles. The number of carbonyl (C=O) groups is 1. The third-order valence-corrected chi connectivity index (χ3v) is 1.33. The summed E-state index contributed by atoms with van der Waals surface area (Å²) < 4.78 is 0. The number of rotatable bonds is 4. The molecule has 0 radical (unpaired) electrons. The molecule has 3 nitrogen and oxygen atoms in total. The van der Waals surface area contributed by atoms with Crippen LogP contribution in [0.5, 0.6) is 0 Å². The largest absolute Gasteiger partial charge is 0.362 e. The van der Waals surface area contributed by atoms with E-state index in [2.05, 4.69) is 10.3 Å². The van der Waals surface area contributed by atoms with Crippen LogP contribution in [-0.2, 0) is 4.79 Å². The third kappa shape index (κ3) is 3.86. The molecule has 3 heteroatoms. The van der Waals surface area contributed by atoms with Crippen molar-refractivity contribution in [1.29, 1.82) is 0 Å². The minimum atomic E-state index is 0.733. The highest BCUT2D eigenvalue weighted by atomic mass is 16.1. The summed E-state index contributed by atoms with van der Waals surface area (Å²) >= 11 is 0. The van der Waals surface area contributed by atoms with E-state index in [0.717, 1.165) is 12.0 Å². The van der Waals surface area contributed by atoms with Crippen LogP contribution < -0.4 is 5.32 Å². The van der Waals surface area contributed by atoms with Gasteiger partial charge >= 0.3 is 0 Å². The molecule has 0 aliphatic heterocycles. The molecule has 1 N–H and O–H groups in total. The van der Waals surface area contributed by atoms with Crippen LogP contribution in [0.1, 0.15) is 0 Å². The number of anilines is 1. The Morgan fingerprint density at radius 3 is 2.62 bits per heavy atom. The number of carbonyl (C=O) groups excluding carboxylic acids is 1. The van der Waals surface area contributed by atoms with Crippen molar-refractivity contribution in [3.05, 3.63) is 49.0 Å². The van der Waals surface area contributed by atoms with E-state index in [0.29, 0.717) is 0 Å². The predicted octanol–water partition coefficient (Wildman–Crippen LogP) is 1.76. The van der Waals surface area contributed by atoms with Gasteiger partial charge in [-0.25, -0.2) is 0 Å². The van der Waals surface area contributed by atoms with E-state index in [-0.39, 0.29) is 0 Å². The Morgan fingerprint density at radius 2 is 1.92 bits per heavy atom. The van der Waals surface area contributed by atoms with E-state index in [9.17, 15) is 4.79 Å². The molecule has 0 amide bonds. The summed E-state index contributed by atoms with van der Waals surface area (Å²) in [6, 6.07) is 3.71. The fourth-order valence-electron chi connectivity index (χ4n) is 0.758. The van der Waals surface area contributed by atoms with E-state index in [1.54, 1.807) is 30.7 Å². The summed E-state index contributed by atoms with van der Waals surface area (Å²) in [5.74, 6) is 0. The average Bonchev–Trinajstić information content (AvgIpc) is 2.19. The van der Waals surface area contributed by atoms with Crippen LogP contribution in [0.4, 0.5) is 5.69 Å². The van der Waals surface area contributed by atoms with Gasteiger partial charge in [0.05, 0.1) is 0 Å². The number of nitrogens with one attached hydrogen (secondary N) is 1. The molecule has 0 bridgehead atoms. The van der Waals surface area contributed by atoms with Gasteiger partial charge in [-0.1, -0.05) is 6.08 Å². The number of nitrogens with zero attached hydrogens (tertiary/aromatic N) is 1. The summed E-state index contributed by atoms with van der Waals surface area (Å²) in [6.07, 6.45) is 10.7. The molecule has 13 heavy (non-hydrogen) atoms. The van der Waals surface area contributed by atoms with Crippen LogP contribution in [0.15, 0.2) is 49.0 Å². The van der Waals surface area contributed by atoms with Gasteiger partial charge in [0.1, 0.15) is 6.29 Å². The second-order valence-electron chi connectivity index (χ2n) is 2.26. The zero-order chi connectivity index (χ0) is 9.36. The summed E-state index contributed by atoms with van der Waals surface area (Å²) in [5.41, 5.74) is 0.964. The standard InChI is InChI=1S/C10H10N2O/c13-9-3-1-2-6-12-10-4-7-11-8-5-10/h1-9H,(H,11,12)/b3-1+,6-2+. The second-order valence-corrected chi connectivity index (χ2v) is 2.26. The van der Waals surface area contributed by atoms with E-state index >= 15 is 0 Å². The van der Waals surface area contributed by atoms with Gasteiger partial charge in [0.25, 0.3) is 0 Å². The number of allylic oxidation sites excluding steroid dienone is 3. The molecule has 0 atom stereocenters. The summed E-state index contributed by atoms with van der Waals surface area (Å²) in [4.78, 5) is 13.8. The molecular weight excluding hydrogens is 164 g/mol. The molecule has 66 valence electrons. The van der Waals surface area contributed by atoms with Crippen molar-refractivity contribution in [3.8, 4) is 0 Å². The zero-order valence-corrected chi connectivity index (χ0v) is 7.05. The van der Waals surface area contributed by atoms with Crippen LogP contribution in [-0.4, -0.2) is 11.3 Å². The van der Waals surface area contributed by atoms with Crippen molar-refractivity contribution in [1.82, 2.24) is 4.98 Å². The van der Waals surface area contributed by atoms with Gasteiger partial charge in [0, 0.05) is 24.3 Å². The lowest BCUT2D eigenvalue weighted by Crippen LogP contribution is -1.85. The Bertz CT molecular complexity index is 304. The number of aromatic nitrogens is 1.